The Morgan fingerprint density at radius 2 is 2.00 bits per heavy atom. The SMILES string of the molecule is Cc1cc(N2CCNCC2)nnc1Cl.Cl. The second kappa shape index (κ2) is 5.49. The summed E-state index contributed by atoms with van der Waals surface area (Å²) in [4.78, 5) is 2.22. The van der Waals surface area contributed by atoms with Crippen LogP contribution < -0.4 is 10.2 Å². The Bertz CT molecular complexity index is 326. The van der Waals surface area contributed by atoms with E-state index in [0.717, 1.165) is 37.6 Å². The van der Waals surface area contributed by atoms with E-state index in [1.165, 1.54) is 0 Å². The smallest absolute Gasteiger partial charge is 0.154 e. The minimum Gasteiger partial charge on any atom is -0.353 e. The molecule has 2 heterocycles. The standard InChI is InChI=1S/C9H13ClN4.ClH/c1-7-6-8(12-13-9(7)10)14-4-2-11-3-5-14;/h6,11H,2-5H2,1H3;1H. The van der Waals surface area contributed by atoms with E-state index >= 15 is 0 Å². The van der Waals surface area contributed by atoms with Crippen molar-refractivity contribution < 1.29 is 0 Å². The summed E-state index contributed by atoms with van der Waals surface area (Å²) in [6.07, 6.45) is 0. The topological polar surface area (TPSA) is 41.0 Å². The molecule has 1 aromatic heterocycles. The van der Waals surface area contributed by atoms with Crippen molar-refractivity contribution in [3.05, 3.63) is 16.8 Å². The van der Waals surface area contributed by atoms with Gasteiger partial charge in [0.05, 0.1) is 0 Å². The van der Waals surface area contributed by atoms with Gasteiger partial charge in [0, 0.05) is 26.2 Å². The first-order chi connectivity index (χ1) is 6.77. The molecule has 0 spiro atoms. The predicted octanol–water partition coefficient (Wildman–Crippen LogP) is 1.27. The fraction of sp³-hybridized carbons (Fsp3) is 0.556. The van der Waals surface area contributed by atoms with Crippen LogP contribution in [0.4, 0.5) is 5.82 Å². The Hall–Kier alpha value is -0.580. The minimum absolute atomic E-state index is 0. The highest BCUT2D eigenvalue weighted by atomic mass is 35.5. The third-order valence-corrected chi connectivity index (χ3v) is 2.73. The molecule has 84 valence electrons. The molecule has 0 unspecified atom stereocenters. The summed E-state index contributed by atoms with van der Waals surface area (Å²) in [6.45, 7) is 5.92. The maximum absolute atomic E-state index is 5.82. The fourth-order valence-electron chi connectivity index (χ4n) is 1.50. The molecule has 0 radical (unpaired) electrons. The zero-order valence-corrected chi connectivity index (χ0v) is 10.1. The highest BCUT2D eigenvalue weighted by Gasteiger charge is 2.12. The van der Waals surface area contributed by atoms with Gasteiger partial charge < -0.3 is 10.2 Å². The van der Waals surface area contributed by atoms with Crippen molar-refractivity contribution in [3.8, 4) is 0 Å². The van der Waals surface area contributed by atoms with E-state index in [9.17, 15) is 0 Å². The van der Waals surface area contributed by atoms with Gasteiger partial charge in [-0.1, -0.05) is 11.6 Å². The lowest BCUT2D eigenvalue weighted by Crippen LogP contribution is -2.44. The van der Waals surface area contributed by atoms with E-state index in [2.05, 4.69) is 20.4 Å². The molecule has 15 heavy (non-hydrogen) atoms. The average molecular weight is 249 g/mol. The average Bonchev–Trinajstić information content (AvgIpc) is 2.23. The normalized spacial score (nSPS) is 16.0. The molecule has 6 heteroatoms. The van der Waals surface area contributed by atoms with Crippen molar-refractivity contribution in [1.82, 2.24) is 15.5 Å². The Labute approximate surface area is 100 Å². The van der Waals surface area contributed by atoms with Crippen LogP contribution >= 0.6 is 24.0 Å². The number of rotatable bonds is 1. The van der Waals surface area contributed by atoms with Crippen molar-refractivity contribution in [3.63, 3.8) is 0 Å². The van der Waals surface area contributed by atoms with Crippen molar-refractivity contribution in [1.29, 1.82) is 0 Å². The summed E-state index contributed by atoms with van der Waals surface area (Å²) in [5.41, 5.74) is 0.982. The van der Waals surface area contributed by atoms with E-state index in [1.54, 1.807) is 0 Å². The molecular weight excluding hydrogens is 235 g/mol. The van der Waals surface area contributed by atoms with Gasteiger partial charge in [0.25, 0.3) is 0 Å². The molecule has 1 saturated heterocycles. The van der Waals surface area contributed by atoms with Crippen LogP contribution in [-0.4, -0.2) is 36.4 Å². The van der Waals surface area contributed by atoms with Gasteiger partial charge in [0.2, 0.25) is 0 Å². The summed E-state index contributed by atoms with van der Waals surface area (Å²) >= 11 is 5.82. The predicted molar refractivity (Wildman–Crippen MR) is 64.1 cm³/mol. The number of anilines is 1. The number of nitrogens with zero attached hydrogens (tertiary/aromatic N) is 3. The Morgan fingerprint density at radius 1 is 1.33 bits per heavy atom. The second-order valence-electron chi connectivity index (χ2n) is 3.41. The quantitative estimate of drug-likeness (QED) is 0.813. The molecule has 1 fully saturated rings. The molecule has 1 aliphatic rings. The molecule has 0 amide bonds. The van der Waals surface area contributed by atoms with Crippen LogP contribution in [0, 0.1) is 6.92 Å². The van der Waals surface area contributed by atoms with E-state index in [0.29, 0.717) is 5.15 Å². The van der Waals surface area contributed by atoms with Gasteiger partial charge in [-0.05, 0) is 18.6 Å². The highest BCUT2D eigenvalue weighted by molar-refractivity contribution is 6.30. The maximum atomic E-state index is 5.82. The fourth-order valence-corrected chi connectivity index (χ4v) is 1.60. The first kappa shape index (κ1) is 12.5. The molecule has 0 bridgehead atoms. The van der Waals surface area contributed by atoms with Crippen molar-refractivity contribution in [2.45, 2.75) is 6.92 Å². The third-order valence-electron chi connectivity index (χ3n) is 2.35. The van der Waals surface area contributed by atoms with Crippen LogP contribution in [0.5, 0.6) is 0 Å². The summed E-state index contributed by atoms with van der Waals surface area (Å²) in [5, 5.41) is 11.8. The van der Waals surface area contributed by atoms with E-state index < -0.39 is 0 Å². The lowest BCUT2D eigenvalue weighted by Gasteiger charge is -2.28. The third kappa shape index (κ3) is 2.93. The maximum Gasteiger partial charge on any atom is 0.154 e. The van der Waals surface area contributed by atoms with Crippen LogP contribution in [0.3, 0.4) is 0 Å². The second-order valence-corrected chi connectivity index (χ2v) is 3.77. The van der Waals surface area contributed by atoms with Gasteiger partial charge >= 0.3 is 0 Å². The largest absolute Gasteiger partial charge is 0.353 e. The molecule has 0 aromatic carbocycles. The van der Waals surface area contributed by atoms with E-state index in [-0.39, 0.29) is 12.4 Å². The van der Waals surface area contributed by atoms with Crippen molar-refractivity contribution in [2.24, 2.45) is 0 Å². The van der Waals surface area contributed by atoms with Gasteiger partial charge in [-0.3, -0.25) is 0 Å². The lowest BCUT2D eigenvalue weighted by molar-refractivity contribution is 0.582. The molecule has 2 rings (SSSR count). The minimum atomic E-state index is 0. The molecule has 0 aliphatic carbocycles. The van der Waals surface area contributed by atoms with Gasteiger partial charge in [0.15, 0.2) is 11.0 Å². The molecule has 1 aromatic rings. The number of aryl methyl sites for hydroxylation is 1. The van der Waals surface area contributed by atoms with Gasteiger partial charge in [-0.2, -0.15) is 0 Å². The zero-order valence-electron chi connectivity index (χ0n) is 8.53. The first-order valence-corrected chi connectivity index (χ1v) is 5.10. The van der Waals surface area contributed by atoms with Crippen LogP contribution in [-0.2, 0) is 0 Å². The van der Waals surface area contributed by atoms with Gasteiger partial charge in [-0.25, -0.2) is 0 Å². The molecule has 0 atom stereocenters. The van der Waals surface area contributed by atoms with Crippen LogP contribution in [0.15, 0.2) is 6.07 Å². The number of nitrogens with one attached hydrogen (secondary N) is 1. The first-order valence-electron chi connectivity index (χ1n) is 4.73. The monoisotopic (exact) mass is 248 g/mol. The molecular formula is C9H14Cl2N4. The lowest BCUT2D eigenvalue weighted by atomic mass is 10.3. The Morgan fingerprint density at radius 3 is 2.60 bits per heavy atom. The van der Waals surface area contributed by atoms with E-state index in [1.807, 2.05) is 13.0 Å². The van der Waals surface area contributed by atoms with E-state index in [4.69, 9.17) is 11.6 Å². The zero-order chi connectivity index (χ0) is 9.97. The molecule has 1 N–H and O–H groups in total. The summed E-state index contributed by atoms with van der Waals surface area (Å²) in [7, 11) is 0. The number of hydrogen-bond acceptors (Lipinski definition) is 4. The molecule has 0 saturated carbocycles. The Kier molecular flexibility index (Phi) is 4.57. The van der Waals surface area contributed by atoms with Crippen molar-refractivity contribution in [2.75, 3.05) is 31.1 Å². The summed E-state index contributed by atoms with van der Waals surface area (Å²) < 4.78 is 0. The molecule has 4 nitrogen and oxygen atoms in total. The Balaban J connectivity index is 0.00000112. The summed E-state index contributed by atoms with van der Waals surface area (Å²) in [5.74, 6) is 0.924. The van der Waals surface area contributed by atoms with Gasteiger partial charge in [0.1, 0.15) is 0 Å². The summed E-state index contributed by atoms with van der Waals surface area (Å²) in [6, 6.07) is 1.99. The van der Waals surface area contributed by atoms with Crippen LogP contribution in [0.25, 0.3) is 0 Å². The van der Waals surface area contributed by atoms with Crippen LogP contribution in [0.1, 0.15) is 5.56 Å². The highest BCUT2D eigenvalue weighted by Crippen LogP contribution is 2.16. The number of halogens is 2. The van der Waals surface area contributed by atoms with Crippen molar-refractivity contribution >= 4 is 29.8 Å². The number of hydrogen-bond donors (Lipinski definition) is 1. The van der Waals surface area contributed by atoms with Gasteiger partial charge in [-0.15, -0.1) is 22.6 Å². The number of aromatic nitrogens is 2. The molecule has 1 aliphatic heterocycles. The van der Waals surface area contributed by atoms with Crippen LogP contribution in [0.2, 0.25) is 5.15 Å². The number of piperazine rings is 1.